The summed E-state index contributed by atoms with van der Waals surface area (Å²) in [6.45, 7) is 13.3. The topological polar surface area (TPSA) is 73.9 Å². The van der Waals surface area contributed by atoms with Gasteiger partial charge < -0.3 is 15.2 Å². The predicted octanol–water partition coefficient (Wildman–Crippen LogP) is 4.43. The van der Waals surface area contributed by atoms with Crippen LogP contribution in [0.25, 0.3) is 22.4 Å². The number of ketones is 1. The Labute approximate surface area is 178 Å². The third-order valence-electron chi connectivity index (χ3n) is 6.20. The first-order valence-corrected chi connectivity index (χ1v) is 10.7. The lowest BCUT2D eigenvalue weighted by atomic mass is 9.82. The zero-order chi connectivity index (χ0) is 21.5. The Morgan fingerprint density at radius 3 is 2.83 bits per heavy atom. The molecule has 4 rings (SSSR count). The number of fused-ring (bicyclic) bond motifs is 1. The zero-order valence-corrected chi connectivity index (χ0v) is 18.5. The molecule has 1 saturated heterocycles. The number of hydrogen-bond donors (Lipinski definition) is 2. The van der Waals surface area contributed by atoms with Gasteiger partial charge in [0.05, 0.1) is 17.5 Å². The number of Topliss-reactive ketones (excluding diaryl/α,β-unsaturated/α-hetero) is 1. The molecule has 0 unspecified atom stereocenters. The first kappa shape index (κ1) is 20.5. The number of aromatic amines is 1. The highest BCUT2D eigenvalue weighted by Crippen LogP contribution is 2.30. The molecule has 2 aromatic heterocycles. The van der Waals surface area contributed by atoms with Gasteiger partial charge in [-0.2, -0.15) is 0 Å². The van der Waals surface area contributed by atoms with Crippen molar-refractivity contribution >= 4 is 22.6 Å². The lowest BCUT2D eigenvalue weighted by Crippen LogP contribution is -2.57. The Hall–Kier alpha value is -2.73. The normalized spacial score (nSPS) is 16.8. The molecule has 1 aliphatic rings. The minimum atomic E-state index is -0.429. The van der Waals surface area contributed by atoms with Gasteiger partial charge in [0.15, 0.2) is 11.4 Å². The SMILES string of the molecule is CCC(C)(C)C(=O)c1c[nH]c2ncc(-c3cccc(N4CCNC(C)(C)C4)c3)nc12. The first-order valence-electron chi connectivity index (χ1n) is 10.7. The number of hydrogen-bond acceptors (Lipinski definition) is 5. The van der Waals surface area contributed by atoms with Crippen LogP contribution >= 0.6 is 0 Å². The Bertz CT molecular complexity index is 1080. The minimum absolute atomic E-state index is 0.0828. The average Bonchev–Trinajstić information content (AvgIpc) is 3.15. The maximum atomic E-state index is 13.0. The van der Waals surface area contributed by atoms with Crippen LogP contribution in [0.1, 0.15) is 51.4 Å². The Balaban J connectivity index is 1.70. The number of carbonyl (C=O) groups is 1. The summed E-state index contributed by atoms with van der Waals surface area (Å²) in [6, 6.07) is 8.43. The summed E-state index contributed by atoms with van der Waals surface area (Å²) in [5, 5.41) is 3.56. The number of benzene rings is 1. The molecule has 0 atom stereocenters. The smallest absolute Gasteiger partial charge is 0.172 e. The molecule has 0 saturated carbocycles. The van der Waals surface area contributed by atoms with Gasteiger partial charge in [-0.15, -0.1) is 0 Å². The first-order chi connectivity index (χ1) is 14.2. The van der Waals surface area contributed by atoms with Crippen LogP contribution in [0.4, 0.5) is 5.69 Å². The van der Waals surface area contributed by atoms with E-state index in [0.717, 1.165) is 37.3 Å². The van der Waals surface area contributed by atoms with Crippen molar-refractivity contribution in [1.82, 2.24) is 20.3 Å². The van der Waals surface area contributed by atoms with E-state index in [4.69, 9.17) is 4.98 Å². The van der Waals surface area contributed by atoms with Crippen molar-refractivity contribution in [2.45, 2.75) is 46.6 Å². The van der Waals surface area contributed by atoms with Gasteiger partial charge in [0.1, 0.15) is 5.52 Å². The highest BCUT2D eigenvalue weighted by molar-refractivity contribution is 6.08. The molecular weight excluding hydrogens is 374 g/mol. The van der Waals surface area contributed by atoms with Crippen molar-refractivity contribution in [3.63, 3.8) is 0 Å². The molecule has 3 heterocycles. The fourth-order valence-electron chi connectivity index (χ4n) is 3.95. The molecule has 1 aromatic carbocycles. The Morgan fingerprint density at radius 1 is 1.30 bits per heavy atom. The van der Waals surface area contributed by atoms with Crippen LogP contribution in [-0.2, 0) is 0 Å². The average molecular weight is 406 g/mol. The molecule has 30 heavy (non-hydrogen) atoms. The molecule has 0 spiro atoms. The monoisotopic (exact) mass is 405 g/mol. The van der Waals surface area contributed by atoms with Crippen LogP contribution in [0.5, 0.6) is 0 Å². The maximum absolute atomic E-state index is 13.0. The summed E-state index contributed by atoms with van der Waals surface area (Å²) < 4.78 is 0. The molecule has 1 fully saturated rings. The van der Waals surface area contributed by atoms with Gasteiger partial charge >= 0.3 is 0 Å². The molecular formula is C24H31N5O. The van der Waals surface area contributed by atoms with Crippen LogP contribution < -0.4 is 10.2 Å². The van der Waals surface area contributed by atoms with Gasteiger partial charge in [0, 0.05) is 48.0 Å². The largest absolute Gasteiger partial charge is 0.368 e. The molecule has 1 aliphatic heterocycles. The molecule has 0 bridgehead atoms. The molecule has 3 aromatic rings. The van der Waals surface area contributed by atoms with E-state index < -0.39 is 5.41 Å². The standard InChI is InChI=1S/C24H31N5O/c1-6-23(2,3)21(30)18-13-25-22-20(18)28-19(14-26-22)16-8-7-9-17(12-16)29-11-10-27-24(4,5)15-29/h7-9,12-14,27H,6,10-11,15H2,1-5H3,(H,25,26). The van der Waals surface area contributed by atoms with E-state index >= 15 is 0 Å². The molecule has 0 amide bonds. The highest BCUT2D eigenvalue weighted by atomic mass is 16.1. The number of H-pyrrole nitrogens is 1. The molecule has 6 heteroatoms. The zero-order valence-electron chi connectivity index (χ0n) is 18.5. The minimum Gasteiger partial charge on any atom is -0.368 e. The van der Waals surface area contributed by atoms with Crippen LogP contribution in [0.3, 0.4) is 0 Å². The van der Waals surface area contributed by atoms with Crippen LogP contribution in [-0.4, -0.2) is 45.9 Å². The van der Waals surface area contributed by atoms with Crippen molar-refractivity contribution in [3.05, 3.63) is 42.2 Å². The summed E-state index contributed by atoms with van der Waals surface area (Å²) in [4.78, 5) is 27.9. The van der Waals surface area contributed by atoms with Crippen LogP contribution in [0.2, 0.25) is 0 Å². The lowest BCUT2D eigenvalue weighted by molar-refractivity contribution is 0.0834. The van der Waals surface area contributed by atoms with E-state index in [-0.39, 0.29) is 11.3 Å². The predicted molar refractivity (Wildman–Crippen MR) is 122 cm³/mol. The summed E-state index contributed by atoms with van der Waals surface area (Å²) in [5.74, 6) is 0.0968. The number of piperazine rings is 1. The van der Waals surface area contributed by atoms with E-state index in [1.54, 1.807) is 12.4 Å². The number of carbonyl (C=O) groups excluding carboxylic acids is 1. The van der Waals surface area contributed by atoms with E-state index in [9.17, 15) is 4.79 Å². The Kier molecular flexibility index (Phi) is 5.14. The van der Waals surface area contributed by atoms with E-state index in [0.29, 0.717) is 16.7 Å². The molecule has 6 nitrogen and oxygen atoms in total. The van der Waals surface area contributed by atoms with Crippen molar-refractivity contribution in [2.24, 2.45) is 5.41 Å². The summed E-state index contributed by atoms with van der Waals surface area (Å²) in [5.41, 5.74) is 4.53. The van der Waals surface area contributed by atoms with Crippen molar-refractivity contribution in [1.29, 1.82) is 0 Å². The van der Waals surface area contributed by atoms with Gasteiger partial charge in [-0.3, -0.25) is 4.79 Å². The highest BCUT2D eigenvalue weighted by Gasteiger charge is 2.29. The summed E-state index contributed by atoms with van der Waals surface area (Å²) >= 11 is 0. The molecule has 0 aliphatic carbocycles. The van der Waals surface area contributed by atoms with Gasteiger partial charge in [-0.1, -0.05) is 32.9 Å². The van der Waals surface area contributed by atoms with Crippen LogP contribution in [0, 0.1) is 5.41 Å². The van der Waals surface area contributed by atoms with E-state index in [1.807, 2.05) is 20.8 Å². The third kappa shape index (κ3) is 3.84. The molecule has 2 N–H and O–H groups in total. The number of anilines is 1. The lowest BCUT2D eigenvalue weighted by Gasteiger charge is -2.40. The van der Waals surface area contributed by atoms with Crippen LogP contribution in [0.15, 0.2) is 36.7 Å². The van der Waals surface area contributed by atoms with Gasteiger partial charge in [-0.25, -0.2) is 9.97 Å². The second-order valence-electron chi connectivity index (χ2n) is 9.50. The number of nitrogens with zero attached hydrogens (tertiary/aromatic N) is 3. The maximum Gasteiger partial charge on any atom is 0.172 e. The number of nitrogens with one attached hydrogen (secondary N) is 2. The van der Waals surface area contributed by atoms with Gasteiger partial charge in [0.2, 0.25) is 0 Å². The Morgan fingerprint density at radius 2 is 2.10 bits per heavy atom. The van der Waals surface area contributed by atoms with Crippen molar-refractivity contribution in [3.8, 4) is 11.3 Å². The number of aromatic nitrogens is 3. The fraction of sp³-hybridized carbons (Fsp3) is 0.458. The van der Waals surface area contributed by atoms with E-state index in [2.05, 4.69) is 58.3 Å². The van der Waals surface area contributed by atoms with E-state index in [1.165, 1.54) is 5.69 Å². The third-order valence-corrected chi connectivity index (χ3v) is 6.20. The summed E-state index contributed by atoms with van der Waals surface area (Å²) in [6.07, 6.45) is 4.29. The molecule has 158 valence electrons. The fourth-order valence-corrected chi connectivity index (χ4v) is 3.95. The second-order valence-corrected chi connectivity index (χ2v) is 9.50. The van der Waals surface area contributed by atoms with Gasteiger partial charge in [0.25, 0.3) is 0 Å². The quantitative estimate of drug-likeness (QED) is 0.614. The second kappa shape index (κ2) is 7.51. The number of rotatable bonds is 5. The molecule has 0 radical (unpaired) electrons. The van der Waals surface area contributed by atoms with Gasteiger partial charge in [-0.05, 0) is 32.4 Å². The van der Waals surface area contributed by atoms with Crippen molar-refractivity contribution < 1.29 is 4.79 Å². The van der Waals surface area contributed by atoms with Crippen molar-refractivity contribution in [2.75, 3.05) is 24.5 Å². The summed E-state index contributed by atoms with van der Waals surface area (Å²) in [7, 11) is 0.